The topological polar surface area (TPSA) is 38.7 Å². The van der Waals surface area contributed by atoms with Crippen LogP contribution in [0.2, 0.25) is 0 Å². The first kappa shape index (κ1) is 36.1. The van der Waals surface area contributed by atoms with Gasteiger partial charge in [0.25, 0.3) is 0 Å². The molecule has 0 unspecified atom stereocenters. The second-order valence-electron chi connectivity index (χ2n) is 17.1. The molecule has 0 saturated heterocycles. The van der Waals surface area contributed by atoms with Crippen LogP contribution in [0.4, 0.5) is 0 Å². The van der Waals surface area contributed by atoms with E-state index in [1.165, 1.54) is 71.6 Å². The van der Waals surface area contributed by atoms with Crippen LogP contribution in [-0.4, -0.2) is 15.0 Å². The Morgan fingerprint density at radius 2 is 0.919 bits per heavy atom. The van der Waals surface area contributed by atoms with E-state index in [0.29, 0.717) is 17.5 Å². The van der Waals surface area contributed by atoms with Gasteiger partial charge in [0.1, 0.15) is 0 Å². The summed E-state index contributed by atoms with van der Waals surface area (Å²) in [4.78, 5) is 16.2. The number of benzene rings is 9. The van der Waals surface area contributed by atoms with E-state index < -0.39 is 0 Å². The molecule has 0 radical (unpaired) electrons. The van der Waals surface area contributed by atoms with E-state index in [0.717, 1.165) is 39.4 Å². The Balaban J connectivity index is 1.06. The third kappa shape index (κ3) is 5.77. The number of rotatable bonds is 5. The number of allylic oxidation sites excluding steroid dienone is 2. The summed E-state index contributed by atoms with van der Waals surface area (Å²) < 4.78 is 0. The summed E-state index contributed by atoms with van der Waals surface area (Å²) in [7, 11) is 0. The van der Waals surface area contributed by atoms with Gasteiger partial charge in [-0.05, 0) is 119 Å². The monoisotopic (exact) mass is 791 g/mol. The van der Waals surface area contributed by atoms with Crippen molar-refractivity contribution in [2.24, 2.45) is 0 Å². The van der Waals surface area contributed by atoms with Crippen molar-refractivity contribution in [1.82, 2.24) is 15.0 Å². The van der Waals surface area contributed by atoms with E-state index in [1.54, 1.807) is 0 Å². The highest BCUT2D eigenvalue weighted by atomic mass is 15.0. The summed E-state index contributed by atoms with van der Waals surface area (Å²) >= 11 is 0. The maximum atomic E-state index is 5.42. The van der Waals surface area contributed by atoms with Crippen molar-refractivity contribution in [3.05, 3.63) is 210 Å². The highest BCUT2D eigenvalue weighted by Crippen LogP contribution is 2.49. The Kier molecular flexibility index (Phi) is 8.26. The molecule has 0 fully saturated rings. The van der Waals surface area contributed by atoms with Gasteiger partial charge in [0.05, 0.1) is 0 Å². The van der Waals surface area contributed by atoms with Crippen LogP contribution in [0.15, 0.2) is 188 Å². The quantitative estimate of drug-likeness (QED) is 0.163. The first-order valence-electron chi connectivity index (χ1n) is 21.5. The van der Waals surface area contributed by atoms with Crippen LogP contribution < -0.4 is 0 Å². The Morgan fingerprint density at radius 3 is 1.76 bits per heavy atom. The van der Waals surface area contributed by atoms with Crippen molar-refractivity contribution < 1.29 is 0 Å². The molecule has 0 saturated carbocycles. The average Bonchev–Trinajstić information content (AvgIpc) is 3.44. The smallest absolute Gasteiger partial charge is 0.164 e. The molecule has 1 aromatic heterocycles. The van der Waals surface area contributed by atoms with Crippen molar-refractivity contribution in [1.29, 1.82) is 0 Å². The molecule has 0 amide bonds. The van der Waals surface area contributed by atoms with Crippen LogP contribution in [0, 0.1) is 0 Å². The van der Waals surface area contributed by atoms with Crippen LogP contribution in [0.3, 0.4) is 0 Å². The fourth-order valence-electron chi connectivity index (χ4n) is 10.0. The fraction of sp³-hybridized carbons (Fsp3) is 0.0678. The minimum absolute atomic E-state index is 0.162. The summed E-state index contributed by atoms with van der Waals surface area (Å²) in [6, 6.07) is 63.6. The van der Waals surface area contributed by atoms with Crippen molar-refractivity contribution in [2.45, 2.75) is 25.7 Å². The summed E-state index contributed by atoms with van der Waals surface area (Å²) in [6.45, 7) is 4.64. The molecule has 10 aromatic rings. The minimum atomic E-state index is -0.162. The van der Waals surface area contributed by atoms with Crippen molar-refractivity contribution in [2.75, 3.05) is 0 Å². The van der Waals surface area contributed by atoms with Gasteiger partial charge in [-0.2, -0.15) is 0 Å². The first-order valence-corrected chi connectivity index (χ1v) is 21.5. The maximum Gasteiger partial charge on any atom is 0.164 e. The van der Waals surface area contributed by atoms with E-state index in [2.05, 4.69) is 214 Å². The molecular weight excluding hydrogens is 751 g/mol. The van der Waals surface area contributed by atoms with Gasteiger partial charge >= 0.3 is 0 Å². The maximum absolute atomic E-state index is 5.42. The van der Waals surface area contributed by atoms with Gasteiger partial charge in [-0.15, -0.1) is 0 Å². The average molecular weight is 792 g/mol. The van der Waals surface area contributed by atoms with Gasteiger partial charge in [0.15, 0.2) is 17.5 Å². The Hall–Kier alpha value is -7.75. The predicted octanol–water partition coefficient (Wildman–Crippen LogP) is 15.4. The Labute approximate surface area is 361 Å². The van der Waals surface area contributed by atoms with Crippen LogP contribution in [0.5, 0.6) is 0 Å². The molecule has 0 aliphatic heterocycles. The molecule has 2 aliphatic carbocycles. The van der Waals surface area contributed by atoms with Crippen LogP contribution in [0.1, 0.15) is 42.5 Å². The van der Waals surface area contributed by atoms with Gasteiger partial charge in [0.2, 0.25) is 0 Å². The van der Waals surface area contributed by atoms with Gasteiger partial charge < -0.3 is 0 Å². The van der Waals surface area contributed by atoms with Gasteiger partial charge in [-0.25, -0.2) is 15.0 Å². The second kappa shape index (κ2) is 14.2. The number of aromatic nitrogens is 3. The third-order valence-corrected chi connectivity index (χ3v) is 13.2. The molecule has 3 heteroatoms. The molecule has 292 valence electrons. The minimum Gasteiger partial charge on any atom is -0.208 e. The lowest BCUT2D eigenvalue weighted by Crippen LogP contribution is -2.15. The number of hydrogen-bond acceptors (Lipinski definition) is 3. The van der Waals surface area contributed by atoms with E-state index >= 15 is 0 Å². The summed E-state index contributed by atoms with van der Waals surface area (Å²) in [6.07, 6.45) is 9.82. The SMILES string of the molecule is CC1(C)c2ccccc2-c2ccc(-c3nc(-c4ccc(-c5ccccc5)c5c4C=CCC=C5)nc(-c4ccc(-c5ccc6c(ccc7ccccc76)c5)c5ccccc45)n3)cc21. The standard InChI is InChI=1S/C59H41N3/c1-59(2)54-24-14-13-23-50(54)51-30-28-41(36-55(51)59)56-60-57(52-33-31-43(37-15-5-3-6-16-37)46-19-7-4-8-20-48(46)52)62-58(61-56)53-34-32-45(47-21-11-12-22-49(47)53)40-27-29-44-39(35-40)26-25-38-17-9-10-18-42(38)44/h3,5-36H,4H2,1-2H3. The second-order valence-corrected chi connectivity index (χ2v) is 17.1. The molecule has 0 bridgehead atoms. The zero-order valence-corrected chi connectivity index (χ0v) is 34.6. The molecule has 2 aliphatic rings. The molecular formula is C59H41N3. The zero-order valence-electron chi connectivity index (χ0n) is 34.6. The van der Waals surface area contributed by atoms with Gasteiger partial charge in [-0.1, -0.05) is 190 Å². The summed E-state index contributed by atoms with van der Waals surface area (Å²) in [5, 5.41) is 7.26. The van der Waals surface area contributed by atoms with Crippen LogP contribution in [0.25, 0.3) is 112 Å². The Bertz CT molecular complexity index is 3520. The van der Waals surface area contributed by atoms with Crippen LogP contribution >= 0.6 is 0 Å². The van der Waals surface area contributed by atoms with Crippen molar-refractivity contribution >= 4 is 44.5 Å². The summed E-state index contributed by atoms with van der Waals surface area (Å²) in [5.41, 5.74) is 14.9. The van der Waals surface area contributed by atoms with E-state index in [4.69, 9.17) is 15.0 Å². The lowest BCUT2D eigenvalue weighted by Gasteiger charge is -2.22. The molecule has 3 nitrogen and oxygen atoms in total. The fourth-order valence-corrected chi connectivity index (χ4v) is 10.0. The molecule has 9 aromatic carbocycles. The largest absolute Gasteiger partial charge is 0.208 e. The van der Waals surface area contributed by atoms with E-state index in [1.807, 2.05) is 0 Å². The van der Waals surface area contributed by atoms with Gasteiger partial charge in [-0.3, -0.25) is 0 Å². The Morgan fingerprint density at radius 1 is 0.355 bits per heavy atom. The van der Waals surface area contributed by atoms with Crippen molar-refractivity contribution in [3.8, 4) is 67.5 Å². The molecule has 0 N–H and O–H groups in total. The number of nitrogens with zero attached hydrogens (tertiary/aromatic N) is 3. The highest BCUT2D eigenvalue weighted by molar-refractivity contribution is 6.10. The van der Waals surface area contributed by atoms with E-state index in [-0.39, 0.29) is 5.41 Å². The molecule has 62 heavy (non-hydrogen) atoms. The van der Waals surface area contributed by atoms with Crippen molar-refractivity contribution in [3.63, 3.8) is 0 Å². The lowest BCUT2D eigenvalue weighted by atomic mass is 9.82. The molecule has 1 heterocycles. The zero-order chi connectivity index (χ0) is 41.4. The molecule has 0 spiro atoms. The normalized spacial score (nSPS) is 13.6. The lowest BCUT2D eigenvalue weighted by molar-refractivity contribution is 0.660. The van der Waals surface area contributed by atoms with Crippen LogP contribution in [-0.2, 0) is 5.41 Å². The summed E-state index contributed by atoms with van der Waals surface area (Å²) in [5.74, 6) is 1.96. The first-order chi connectivity index (χ1) is 30.5. The molecule has 12 rings (SSSR count). The van der Waals surface area contributed by atoms with Gasteiger partial charge in [0, 0.05) is 22.1 Å². The highest BCUT2D eigenvalue weighted by Gasteiger charge is 2.35. The predicted molar refractivity (Wildman–Crippen MR) is 260 cm³/mol. The van der Waals surface area contributed by atoms with E-state index in [9.17, 15) is 0 Å². The number of fused-ring (bicyclic) bond motifs is 8. The molecule has 0 atom stereocenters. The number of hydrogen-bond donors (Lipinski definition) is 0. The third-order valence-electron chi connectivity index (χ3n) is 13.2.